The van der Waals surface area contributed by atoms with E-state index in [0.717, 1.165) is 11.8 Å². The van der Waals surface area contributed by atoms with Crippen molar-refractivity contribution in [1.29, 1.82) is 0 Å². The summed E-state index contributed by atoms with van der Waals surface area (Å²) in [7, 11) is -3.50. The molecule has 0 heterocycles. The Kier molecular flexibility index (Phi) is 5.06. The molecule has 2 aromatic rings. The Bertz CT molecular complexity index is 866. The average molecular weight is 366 g/mol. The highest BCUT2D eigenvalue weighted by atomic mass is 35.5. The maximum atomic E-state index is 12.3. The molecule has 0 aliphatic carbocycles. The number of rotatable bonds is 3. The first-order valence-electron chi connectivity index (χ1n) is 7.40. The Balaban J connectivity index is 2.24. The minimum atomic E-state index is -3.50. The van der Waals surface area contributed by atoms with Gasteiger partial charge in [-0.05, 0) is 41.3 Å². The van der Waals surface area contributed by atoms with Crippen molar-refractivity contribution < 1.29 is 13.2 Å². The predicted octanol–water partition coefficient (Wildman–Crippen LogP) is 4.29. The molecule has 0 radical (unpaired) electrons. The summed E-state index contributed by atoms with van der Waals surface area (Å²) in [6.07, 6.45) is 1.06. The molecule has 2 rings (SSSR count). The molecule has 0 aliphatic heterocycles. The van der Waals surface area contributed by atoms with Gasteiger partial charge in [0.05, 0.1) is 9.92 Å². The standard InChI is InChI=1S/C18H20ClNO3S/c1-18(2,3)13-6-8-14(9-7-13)20-17(21)12-5-10-15(19)16(11-12)24(4,22)23/h5-11H,1-4H3,(H,20,21). The number of amides is 1. The molecule has 0 bridgehead atoms. The Morgan fingerprint density at radius 3 is 2.12 bits per heavy atom. The highest BCUT2D eigenvalue weighted by Gasteiger charge is 2.17. The average Bonchev–Trinajstić information content (AvgIpc) is 2.46. The normalized spacial score (nSPS) is 12.0. The lowest BCUT2D eigenvalue weighted by Gasteiger charge is -2.19. The van der Waals surface area contributed by atoms with Crippen molar-refractivity contribution in [3.8, 4) is 0 Å². The molecule has 1 N–H and O–H groups in total. The van der Waals surface area contributed by atoms with Crippen LogP contribution in [0.2, 0.25) is 5.02 Å². The van der Waals surface area contributed by atoms with E-state index in [9.17, 15) is 13.2 Å². The molecule has 2 aromatic carbocycles. The first-order valence-corrected chi connectivity index (χ1v) is 9.67. The van der Waals surface area contributed by atoms with Crippen LogP contribution in [0.1, 0.15) is 36.7 Å². The van der Waals surface area contributed by atoms with Crippen LogP contribution in [0.3, 0.4) is 0 Å². The van der Waals surface area contributed by atoms with Crippen LogP contribution < -0.4 is 5.32 Å². The maximum Gasteiger partial charge on any atom is 0.255 e. The van der Waals surface area contributed by atoms with Gasteiger partial charge in [0, 0.05) is 17.5 Å². The van der Waals surface area contributed by atoms with E-state index >= 15 is 0 Å². The van der Waals surface area contributed by atoms with Crippen LogP contribution in [0.15, 0.2) is 47.4 Å². The van der Waals surface area contributed by atoms with E-state index in [-0.39, 0.29) is 26.8 Å². The summed E-state index contributed by atoms with van der Waals surface area (Å²) < 4.78 is 23.4. The second-order valence-electron chi connectivity index (χ2n) is 6.70. The van der Waals surface area contributed by atoms with Crippen molar-refractivity contribution in [2.75, 3.05) is 11.6 Å². The third-order valence-electron chi connectivity index (χ3n) is 3.60. The minimum Gasteiger partial charge on any atom is -0.322 e. The van der Waals surface area contributed by atoms with Gasteiger partial charge in [-0.15, -0.1) is 0 Å². The van der Waals surface area contributed by atoms with Crippen molar-refractivity contribution in [2.24, 2.45) is 0 Å². The molecule has 0 saturated carbocycles. The van der Waals surface area contributed by atoms with Gasteiger partial charge in [0.15, 0.2) is 9.84 Å². The highest BCUT2D eigenvalue weighted by molar-refractivity contribution is 7.90. The summed E-state index contributed by atoms with van der Waals surface area (Å²) in [6.45, 7) is 6.34. The third kappa shape index (κ3) is 4.36. The first-order chi connectivity index (χ1) is 11.0. The summed E-state index contributed by atoms with van der Waals surface area (Å²) in [5.74, 6) is -0.389. The summed E-state index contributed by atoms with van der Waals surface area (Å²) in [5, 5.41) is 2.86. The van der Waals surface area contributed by atoms with Crippen LogP contribution in [-0.4, -0.2) is 20.6 Å². The van der Waals surface area contributed by atoms with Gasteiger partial charge in [-0.25, -0.2) is 8.42 Å². The van der Waals surface area contributed by atoms with Gasteiger partial charge in [-0.2, -0.15) is 0 Å². The molecule has 0 unspecified atom stereocenters. The van der Waals surface area contributed by atoms with Crippen molar-refractivity contribution in [1.82, 2.24) is 0 Å². The highest BCUT2D eigenvalue weighted by Crippen LogP contribution is 2.25. The molecular formula is C18H20ClNO3S. The van der Waals surface area contributed by atoms with E-state index in [2.05, 4.69) is 26.1 Å². The fourth-order valence-corrected chi connectivity index (χ4v) is 3.49. The molecular weight excluding hydrogens is 346 g/mol. The summed E-state index contributed by atoms with van der Waals surface area (Å²) >= 11 is 5.89. The molecule has 24 heavy (non-hydrogen) atoms. The van der Waals surface area contributed by atoms with Gasteiger partial charge < -0.3 is 5.32 Å². The lowest BCUT2D eigenvalue weighted by molar-refractivity contribution is 0.102. The van der Waals surface area contributed by atoms with Crippen molar-refractivity contribution in [2.45, 2.75) is 31.1 Å². The van der Waals surface area contributed by atoms with Gasteiger partial charge in [0.2, 0.25) is 0 Å². The molecule has 6 heteroatoms. The molecule has 0 aromatic heterocycles. The van der Waals surface area contributed by atoms with Crippen LogP contribution in [0, 0.1) is 0 Å². The van der Waals surface area contributed by atoms with E-state index in [1.165, 1.54) is 18.2 Å². The largest absolute Gasteiger partial charge is 0.322 e. The zero-order chi connectivity index (χ0) is 18.1. The number of halogens is 1. The van der Waals surface area contributed by atoms with Crippen molar-refractivity contribution in [3.63, 3.8) is 0 Å². The quantitative estimate of drug-likeness (QED) is 0.882. The zero-order valence-electron chi connectivity index (χ0n) is 14.1. The fourth-order valence-electron chi connectivity index (χ4n) is 2.19. The van der Waals surface area contributed by atoms with Crippen molar-refractivity contribution in [3.05, 3.63) is 58.6 Å². The number of anilines is 1. The lowest BCUT2D eigenvalue weighted by atomic mass is 9.87. The Labute approximate surface area is 147 Å². The van der Waals surface area contributed by atoms with Gasteiger partial charge in [-0.1, -0.05) is 44.5 Å². The van der Waals surface area contributed by atoms with E-state index < -0.39 is 9.84 Å². The van der Waals surface area contributed by atoms with E-state index in [4.69, 9.17) is 11.6 Å². The Morgan fingerprint density at radius 2 is 1.62 bits per heavy atom. The van der Waals surface area contributed by atoms with Crippen LogP contribution in [-0.2, 0) is 15.3 Å². The smallest absolute Gasteiger partial charge is 0.255 e. The predicted molar refractivity (Wildman–Crippen MR) is 97.7 cm³/mol. The third-order valence-corrected chi connectivity index (χ3v) is 5.18. The summed E-state index contributed by atoms with van der Waals surface area (Å²) in [5.41, 5.74) is 2.07. The number of carbonyl (C=O) groups is 1. The monoisotopic (exact) mass is 365 g/mol. The van der Waals surface area contributed by atoms with Crippen LogP contribution >= 0.6 is 11.6 Å². The SMILES string of the molecule is CC(C)(C)c1ccc(NC(=O)c2ccc(Cl)c(S(C)(=O)=O)c2)cc1. The molecule has 128 valence electrons. The van der Waals surface area contributed by atoms with Crippen LogP contribution in [0.25, 0.3) is 0 Å². The van der Waals surface area contributed by atoms with Gasteiger partial charge >= 0.3 is 0 Å². The number of hydrogen-bond acceptors (Lipinski definition) is 3. The van der Waals surface area contributed by atoms with E-state index in [1.54, 1.807) is 0 Å². The number of sulfone groups is 1. The van der Waals surface area contributed by atoms with Gasteiger partial charge in [0.25, 0.3) is 5.91 Å². The zero-order valence-corrected chi connectivity index (χ0v) is 15.6. The molecule has 0 atom stereocenters. The molecule has 0 fully saturated rings. The summed E-state index contributed by atoms with van der Waals surface area (Å²) in [6, 6.07) is 11.8. The Hall–Kier alpha value is -1.85. The van der Waals surface area contributed by atoms with Crippen LogP contribution in [0.5, 0.6) is 0 Å². The summed E-state index contributed by atoms with van der Waals surface area (Å²) in [4.78, 5) is 12.3. The first kappa shape index (κ1) is 18.5. The molecule has 0 aliphatic rings. The molecule has 4 nitrogen and oxygen atoms in total. The second-order valence-corrected chi connectivity index (χ2v) is 9.09. The number of benzene rings is 2. The molecule has 0 saturated heterocycles. The van der Waals surface area contributed by atoms with E-state index in [0.29, 0.717) is 5.69 Å². The van der Waals surface area contributed by atoms with Gasteiger partial charge in [0.1, 0.15) is 0 Å². The van der Waals surface area contributed by atoms with E-state index in [1.807, 2.05) is 24.3 Å². The number of carbonyl (C=O) groups excluding carboxylic acids is 1. The number of hydrogen-bond donors (Lipinski definition) is 1. The second kappa shape index (κ2) is 6.57. The fraction of sp³-hybridized carbons (Fsp3) is 0.278. The molecule has 0 spiro atoms. The molecule has 1 amide bonds. The minimum absolute atomic E-state index is 0.0309. The number of nitrogens with one attached hydrogen (secondary N) is 1. The van der Waals surface area contributed by atoms with Crippen molar-refractivity contribution >= 4 is 33.0 Å². The van der Waals surface area contributed by atoms with Crippen LogP contribution in [0.4, 0.5) is 5.69 Å². The van der Waals surface area contributed by atoms with Gasteiger partial charge in [-0.3, -0.25) is 4.79 Å². The topological polar surface area (TPSA) is 63.2 Å². The maximum absolute atomic E-state index is 12.3. The lowest BCUT2D eigenvalue weighted by Crippen LogP contribution is -2.14. The Morgan fingerprint density at radius 1 is 1.04 bits per heavy atom.